The maximum Gasteiger partial charge on any atom is 0.271 e. The molecule has 106 valence electrons. The second-order valence-electron chi connectivity index (χ2n) is 4.11. The molecular formula is C14H16FN3O2. The number of rotatable bonds is 6. The Labute approximate surface area is 116 Å². The molecule has 0 radical (unpaired) electrons. The maximum atomic E-state index is 12.7. The van der Waals surface area contributed by atoms with E-state index >= 15 is 0 Å². The third-order valence-corrected chi connectivity index (χ3v) is 2.67. The summed E-state index contributed by atoms with van der Waals surface area (Å²) in [5.74, 6) is 0.0213. The minimum absolute atomic E-state index is 0.236. The summed E-state index contributed by atoms with van der Waals surface area (Å²) in [5.41, 5.74) is 0.383. The SMILES string of the molecule is CCn1ccc(C(=O)NCCOc2ccc(F)cc2)n1. The summed E-state index contributed by atoms with van der Waals surface area (Å²) in [4.78, 5) is 11.7. The first-order valence-electron chi connectivity index (χ1n) is 6.39. The largest absolute Gasteiger partial charge is 0.492 e. The highest BCUT2D eigenvalue weighted by Gasteiger charge is 2.08. The average molecular weight is 277 g/mol. The zero-order chi connectivity index (χ0) is 14.4. The second kappa shape index (κ2) is 6.70. The van der Waals surface area contributed by atoms with Gasteiger partial charge in [-0.25, -0.2) is 4.39 Å². The minimum Gasteiger partial charge on any atom is -0.492 e. The number of nitrogens with zero attached hydrogens (tertiary/aromatic N) is 2. The van der Waals surface area contributed by atoms with Crippen LogP contribution in [0.1, 0.15) is 17.4 Å². The van der Waals surface area contributed by atoms with Crippen LogP contribution in [0.3, 0.4) is 0 Å². The molecule has 0 bridgehead atoms. The van der Waals surface area contributed by atoms with Gasteiger partial charge in [0.25, 0.3) is 5.91 Å². The topological polar surface area (TPSA) is 56.2 Å². The van der Waals surface area contributed by atoms with Crippen LogP contribution in [-0.2, 0) is 6.54 Å². The Morgan fingerprint density at radius 1 is 1.35 bits per heavy atom. The number of nitrogens with one attached hydrogen (secondary N) is 1. The number of ether oxygens (including phenoxy) is 1. The minimum atomic E-state index is -0.308. The van der Waals surface area contributed by atoms with Gasteiger partial charge in [-0.05, 0) is 37.3 Å². The van der Waals surface area contributed by atoms with Gasteiger partial charge in [0.2, 0.25) is 0 Å². The summed E-state index contributed by atoms with van der Waals surface area (Å²) >= 11 is 0. The first-order valence-corrected chi connectivity index (χ1v) is 6.39. The molecule has 1 aromatic carbocycles. The van der Waals surface area contributed by atoms with Gasteiger partial charge in [0, 0.05) is 12.7 Å². The molecule has 0 saturated heterocycles. The van der Waals surface area contributed by atoms with Crippen molar-refractivity contribution in [2.24, 2.45) is 0 Å². The van der Waals surface area contributed by atoms with E-state index in [0.29, 0.717) is 24.6 Å². The molecule has 1 heterocycles. The number of amides is 1. The molecule has 20 heavy (non-hydrogen) atoms. The molecule has 0 aliphatic carbocycles. The third-order valence-electron chi connectivity index (χ3n) is 2.67. The Hall–Kier alpha value is -2.37. The molecule has 2 aromatic rings. The molecule has 0 atom stereocenters. The van der Waals surface area contributed by atoms with Crippen molar-refractivity contribution >= 4 is 5.91 Å². The molecule has 5 nitrogen and oxygen atoms in total. The van der Waals surface area contributed by atoms with Crippen LogP contribution in [0, 0.1) is 5.82 Å². The van der Waals surface area contributed by atoms with Crippen LogP contribution in [0.5, 0.6) is 5.75 Å². The molecule has 1 amide bonds. The molecule has 0 unspecified atom stereocenters. The van der Waals surface area contributed by atoms with Crippen LogP contribution in [0.4, 0.5) is 4.39 Å². The van der Waals surface area contributed by atoms with E-state index in [2.05, 4.69) is 10.4 Å². The molecule has 1 aromatic heterocycles. The number of carbonyl (C=O) groups excluding carboxylic acids is 1. The van der Waals surface area contributed by atoms with Crippen LogP contribution < -0.4 is 10.1 Å². The lowest BCUT2D eigenvalue weighted by Gasteiger charge is -2.06. The van der Waals surface area contributed by atoms with Gasteiger partial charge in [0.1, 0.15) is 23.9 Å². The van der Waals surface area contributed by atoms with Gasteiger partial charge in [0.05, 0.1) is 6.54 Å². The Bertz CT molecular complexity index is 566. The number of hydrogen-bond donors (Lipinski definition) is 1. The van der Waals surface area contributed by atoms with Gasteiger partial charge in [-0.15, -0.1) is 0 Å². The fraction of sp³-hybridized carbons (Fsp3) is 0.286. The number of hydrogen-bond acceptors (Lipinski definition) is 3. The molecule has 1 N–H and O–H groups in total. The lowest BCUT2D eigenvalue weighted by atomic mass is 10.3. The van der Waals surface area contributed by atoms with E-state index in [1.54, 1.807) is 29.1 Å². The van der Waals surface area contributed by atoms with E-state index < -0.39 is 0 Å². The van der Waals surface area contributed by atoms with Crippen molar-refractivity contribution in [2.75, 3.05) is 13.2 Å². The average Bonchev–Trinajstić information content (AvgIpc) is 2.94. The first-order chi connectivity index (χ1) is 9.69. The van der Waals surface area contributed by atoms with Gasteiger partial charge in [-0.1, -0.05) is 0 Å². The molecule has 0 aliphatic rings. The standard InChI is InChI=1S/C14H16FN3O2/c1-2-18-9-7-13(17-18)14(19)16-8-10-20-12-5-3-11(15)4-6-12/h3-7,9H,2,8,10H2,1H3,(H,16,19). The van der Waals surface area contributed by atoms with Gasteiger partial charge in [0.15, 0.2) is 0 Å². The van der Waals surface area contributed by atoms with Crippen molar-refractivity contribution in [3.63, 3.8) is 0 Å². The number of aromatic nitrogens is 2. The van der Waals surface area contributed by atoms with E-state index in [0.717, 1.165) is 6.54 Å². The predicted octanol–water partition coefficient (Wildman–Crippen LogP) is 1.85. The van der Waals surface area contributed by atoms with E-state index in [4.69, 9.17) is 4.74 Å². The third kappa shape index (κ3) is 3.81. The Morgan fingerprint density at radius 3 is 2.75 bits per heavy atom. The fourth-order valence-electron chi connectivity index (χ4n) is 1.61. The van der Waals surface area contributed by atoms with Gasteiger partial charge in [-0.3, -0.25) is 9.48 Å². The van der Waals surface area contributed by atoms with Crippen molar-refractivity contribution < 1.29 is 13.9 Å². The van der Waals surface area contributed by atoms with Crippen molar-refractivity contribution in [2.45, 2.75) is 13.5 Å². The Kier molecular flexibility index (Phi) is 4.70. The highest BCUT2D eigenvalue weighted by molar-refractivity contribution is 5.92. The van der Waals surface area contributed by atoms with E-state index in [1.807, 2.05) is 6.92 Å². The number of halogens is 1. The van der Waals surface area contributed by atoms with Gasteiger partial charge < -0.3 is 10.1 Å². The summed E-state index contributed by atoms with van der Waals surface area (Å²) in [6.07, 6.45) is 1.75. The summed E-state index contributed by atoms with van der Waals surface area (Å²) in [5, 5.41) is 6.80. The molecule has 0 saturated carbocycles. The summed E-state index contributed by atoms with van der Waals surface area (Å²) in [7, 11) is 0. The smallest absolute Gasteiger partial charge is 0.271 e. The maximum absolute atomic E-state index is 12.7. The predicted molar refractivity (Wildman–Crippen MR) is 72.1 cm³/mol. The highest BCUT2D eigenvalue weighted by Crippen LogP contribution is 2.10. The summed E-state index contributed by atoms with van der Waals surface area (Å²) < 4.78 is 19.7. The summed E-state index contributed by atoms with van der Waals surface area (Å²) in [6, 6.07) is 7.40. The monoisotopic (exact) mass is 277 g/mol. The van der Waals surface area contributed by atoms with Crippen molar-refractivity contribution in [3.05, 3.63) is 48.0 Å². The molecule has 0 aliphatic heterocycles. The van der Waals surface area contributed by atoms with Gasteiger partial charge in [-0.2, -0.15) is 5.10 Å². The normalized spacial score (nSPS) is 10.3. The second-order valence-corrected chi connectivity index (χ2v) is 4.11. The summed E-state index contributed by atoms with van der Waals surface area (Å²) in [6.45, 7) is 3.34. The van der Waals surface area contributed by atoms with E-state index in [-0.39, 0.29) is 11.7 Å². The first kappa shape index (κ1) is 14.0. The Morgan fingerprint density at radius 2 is 2.10 bits per heavy atom. The molecule has 0 fully saturated rings. The van der Waals surface area contributed by atoms with Gasteiger partial charge >= 0.3 is 0 Å². The highest BCUT2D eigenvalue weighted by atomic mass is 19.1. The lowest BCUT2D eigenvalue weighted by Crippen LogP contribution is -2.28. The van der Waals surface area contributed by atoms with Crippen LogP contribution in [0.15, 0.2) is 36.5 Å². The van der Waals surface area contributed by atoms with E-state index in [1.165, 1.54) is 12.1 Å². The van der Waals surface area contributed by atoms with Crippen LogP contribution >= 0.6 is 0 Å². The molecule has 2 rings (SSSR count). The Balaban J connectivity index is 1.72. The van der Waals surface area contributed by atoms with Crippen molar-refractivity contribution in [1.29, 1.82) is 0 Å². The fourth-order valence-corrected chi connectivity index (χ4v) is 1.61. The quantitative estimate of drug-likeness (QED) is 0.820. The number of benzene rings is 1. The molecule has 0 spiro atoms. The number of carbonyl (C=O) groups is 1. The van der Waals surface area contributed by atoms with Crippen molar-refractivity contribution in [3.8, 4) is 5.75 Å². The van der Waals surface area contributed by atoms with Crippen LogP contribution in [0.2, 0.25) is 0 Å². The zero-order valence-electron chi connectivity index (χ0n) is 11.2. The zero-order valence-corrected chi connectivity index (χ0v) is 11.2. The van der Waals surface area contributed by atoms with Crippen LogP contribution in [0.25, 0.3) is 0 Å². The molecular weight excluding hydrogens is 261 g/mol. The number of aryl methyl sites for hydroxylation is 1. The van der Waals surface area contributed by atoms with Crippen molar-refractivity contribution in [1.82, 2.24) is 15.1 Å². The lowest BCUT2D eigenvalue weighted by molar-refractivity contribution is 0.0941. The van der Waals surface area contributed by atoms with E-state index in [9.17, 15) is 9.18 Å². The molecule has 6 heteroatoms. The van der Waals surface area contributed by atoms with Crippen LogP contribution in [-0.4, -0.2) is 28.8 Å².